The van der Waals surface area contributed by atoms with E-state index < -0.39 is 5.92 Å². The third-order valence-electron chi connectivity index (χ3n) is 3.60. The number of methoxy groups -OCH3 is 4. The van der Waals surface area contributed by atoms with Crippen molar-refractivity contribution in [3.8, 4) is 23.0 Å². The van der Waals surface area contributed by atoms with E-state index in [1.165, 1.54) is 7.11 Å². The Morgan fingerprint density at radius 1 is 0.826 bits per heavy atom. The quantitative estimate of drug-likeness (QED) is 0.786. The van der Waals surface area contributed by atoms with Crippen molar-refractivity contribution in [2.75, 3.05) is 28.4 Å². The zero-order valence-electron chi connectivity index (χ0n) is 13.6. The van der Waals surface area contributed by atoms with Gasteiger partial charge in [-0.05, 0) is 23.8 Å². The minimum Gasteiger partial charge on any atom is -0.493 e. The topological polar surface area (TPSA) is 54.0 Å². The number of carbonyl (C=O) groups excluding carboxylic acids is 1. The van der Waals surface area contributed by atoms with Gasteiger partial charge in [0.05, 0.1) is 34.4 Å². The summed E-state index contributed by atoms with van der Waals surface area (Å²) in [6.07, 6.45) is 2.07. The highest BCUT2D eigenvalue weighted by Gasteiger charge is 2.22. The van der Waals surface area contributed by atoms with Crippen molar-refractivity contribution in [3.05, 3.63) is 47.5 Å². The van der Waals surface area contributed by atoms with Gasteiger partial charge in [-0.3, -0.25) is 4.79 Å². The molecule has 23 heavy (non-hydrogen) atoms. The summed E-state index contributed by atoms with van der Waals surface area (Å²) in [5.74, 6) is 1.59. The molecule has 0 spiro atoms. The monoisotopic (exact) mass is 315 g/mol. The normalized spacial score (nSPS) is 11.5. The van der Waals surface area contributed by atoms with Crippen molar-refractivity contribution in [3.63, 3.8) is 0 Å². The molecule has 0 aliphatic carbocycles. The van der Waals surface area contributed by atoms with E-state index in [0.717, 1.165) is 5.56 Å². The summed E-state index contributed by atoms with van der Waals surface area (Å²) in [5.41, 5.74) is 1.40. The zero-order valence-corrected chi connectivity index (χ0v) is 13.6. The Morgan fingerprint density at radius 3 is 2.09 bits per heavy atom. The van der Waals surface area contributed by atoms with Gasteiger partial charge >= 0.3 is 0 Å². The van der Waals surface area contributed by atoms with Crippen LogP contribution in [-0.2, 0) is 4.79 Å². The zero-order chi connectivity index (χ0) is 16.8. The second-order valence-corrected chi connectivity index (χ2v) is 4.75. The first-order valence-electron chi connectivity index (χ1n) is 7.00. The molecule has 0 aliphatic heterocycles. The highest BCUT2D eigenvalue weighted by atomic mass is 16.5. The van der Waals surface area contributed by atoms with Gasteiger partial charge in [-0.25, -0.2) is 0 Å². The van der Waals surface area contributed by atoms with E-state index >= 15 is 0 Å². The SMILES string of the molecule is COc1ccc(C([C]=O)c2cccc(OC)c2OC)cc1OC. The van der Waals surface area contributed by atoms with Crippen molar-refractivity contribution in [2.24, 2.45) is 0 Å². The Hall–Kier alpha value is -2.69. The molecule has 5 nitrogen and oxygen atoms in total. The van der Waals surface area contributed by atoms with Crippen LogP contribution in [0, 0.1) is 0 Å². The Morgan fingerprint density at radius 2 is 1.52 bits per heavy atom. The second-order valence-electron chi connectivity index (χ2n) is 4.75. The Balaban J connectivity index is 2.55. The molecule has 0 heterocycles. The number of benzene rings is 2. The van der Waals surface area contributed by atoms with E-state index in [0.29, 0.717) is 28.6 Å². The molecule has 0 aliphatic rings. The predicted molar refractivity (Wildman–Crippen MR) is 86.6 cm³/mol. The van der Waals surface area contributed by atoms with Crippen LogP contribution >= 0.6 is 0 Å². The Kier molecular flexibility index (Phi) is 5.46. The molecule has 2 aromatic carbocycles. The fourth-order valence-electron chi connectivity index (χ4n) is 2.48. The molecule has 5 heteroatoms. The fourth-order valence-corrected chi connectivity index (χ4v) is 2.48. The molecule has 2 rings (SSSR count). The number of ether oxygens (including phenoxy) is 4. The van der Waals surface area contributed by atoms with Crippen LogP contribution in [-0.4, -0.2) is 34.7 Å². The molecule has 2 aromatic rings. The summed E-state index contributed by atoms with van der Waals surface area (Å²) < 4.78 is 21.2. The van der Waals surface area contributed by atoms with Gasteiger partial charge in [0.1, 0.15) is 0 Å². The molecule has 0 bridgehead atoms. The molecule has 121 valence electrons. The molecule has 0 saturated carbocycles. The average molecular weight is 315 g/mol. The van der Waals surface area contributed by atoms with Crippen LogP contribution in [0.3, 0.4) is 0 Å². The largest absolute Gasteiger partial charge is 0.493 e. The summed E-state index contributed by atoms with van der Waals surface area (Å²) in [6.45, 7) is 0. The molecule has 1 unspecified atom stereocenters. The van der Waals surface area contributed by atoms with Crippen LogP contribution in [0.5, 0.6) is 23.0 Å². The molecular formula is C18H19O5. The summed E-state index contributed by atoms with van der Waals surface area (Å²) >= 11 is 0. The first kappa shape index (κ1) is 16.7. The standard InChI is InChI=1S/C18H19O5/c1-20-15-9-8-12(10-17(15)22-3)14(11-19)13-6-5-7-16(21-2)18(13)23-4/h5-10,14H,1-4H3. The van der Waals surface area contributed by atoms with E-state index in [9.17, 15) is 4.79 Å². The van der Waals surface area contributed by atoms with Crippen molar-refractivity contribution < 1.29 is 23.7 Å². The van der Waals surface area contributed by atoms with Gasteiger partial charge in [-0.15, -0.1) is 0 Å². The molecule has 0 N–H and O–H groups in total. The summed E-state index contributed by atoms with van der Waals surface area (Å²) in [4.78, 5) is 11.6. The van der Waals surface area contributed by atoms with Crippen molar-refractivity contribution in [1.29, 1.82) is 0 Å². The molecule has 0 amide bonds. The maximum atomic E-state index is 11.6. The van der Waals surface area contributed by atoms with Gasteiger partial charge < -0.3 is 18.9 Å². The van der Waals surface area contributed by atoms with Crippen LogP contribution in [0.4, 0.5) is 0 Å². The minimum atomic E-state index is -0.625. The van der Waals surface area contributed by atoms with E-state index in [1.54, 1.807) is 45.6 Å². The molecule has 0 fully saturated rings. The fraction of sp³-hybridized carbons (Fsp3) is 0.278. The Bertz CT molecular complexity index is 681. The van der Waals surface area contributed by atoms with Crippen LogP contribution < -0.4 is 18.9 Å². The highest BCUT2D eigenvalue weighted by Crippen LogP contribution is 2.39. The van der Waals surface area contributed by atoms with E-state index in [-0.39, 0.29) is 0 Å². The molecule has 0 aromatic heterocycles. The van der Waals surface area contributed by atoms with Gasteiger partial charge in [0.2, 0.25) is 6.29 Å². The first-order chi connectivity index (χ1) is 11.2. The number of para-hydroxylation sites is 1. The van der Waals surface area contributed by atoms with Crippen LogP contribution in [0.25, 0.3) is 0 Å². The minimum absolute atomic E-state index is 0.512. The predicted octanol–water partition coefficient (Wildman–Crippen LogP) is 2.96. The number of hydrogen-bond acceptors (Lipinski definition) is 5. The lowest BCUT2D eigenvalue weighted by Gasteiger charge is -2.18. The molecule has 1 radical (unpaired) electrons. The van der Waals surface area contributed by atoms with Gasteiger partial charge in [-0.2, -0.15) is 0 Å². The lowest BCUT2D eigenvalue weighted by atomic mass is 9.91. The van der Waals surface area contributed by atoms with Gasteiger partial charge in [-0.1, -0.05) is 18.2 Å². The van der Waals surface area contributed by atoms with Crippen molar-refractivity contribution in [1.82, 2.24) is 0 Å². The van der Waals surface area contributed by atoms with Gasteiger partial charge in [0, 0.05) is 5.56 Å². The summed E-state index contributed by atoms with van der Waals surface area (Å²) in [6, 6.07) is 10.7. The lowest BCUT2D eigenvalue weighted by Crippen LogP contribution is -2.06. The van der Waals surface area contributed by atoms with Crippen molar-refractivity contribution >= 4 is 6.29 Å². The third-order valence-corrected chi connectivity index (χ3v) is 3.60. The molecular weight excluding hydrogens is 296 g/mol. The lowest BCUT2D eigenvalue weighted by molar-refractivity contribution is 0.351. The van der Waals surface area contributed by atoms with E-state index in [2.05, 4.69) is 6.29 Å². The number of hydrogen-bond donors (Lipinski definition) is 0. The second kappa shape index (κ2) is 7.54. The Labute approximate surface area is 135 Å². The first-order valence-corrected chi connectivity index (χ1v) is 7.00. The van der Waals surface area contributed by atoms with Gasteiger partial charge in [0.25, 0.3) is 0 Å². The van der Waals surface area contributed by atoms with Gasteiger partial charge in [0.15, 0.2) is 23.0 Å². The van der Waals surface area contributed by atoms with Crippen LogP contribution in [0.2, 0.25) is 0 Å². The maximum Gasteiger partial charge on any atom is 0.211 e. The van der Waals surface area contributed by atoms with E-state index in [1.807, 2.05) is 12.1 Å². The molecule has 0 saturated heterocycles. The molecule has 1 atom stereocenters. The maximum absolute atomic E-state index is 11.6. The third kappa shape index (κ3) is 3.23. The smallest absolute Gasteiger partial charge is 0.211 e. The number of rotatable bonds is 7. The van der Waals surface area contributed by atoms with E-state index in [4.69, 9.17) is 18.9 Å². The average Bonchev–Trinajstić information content (AvgIpc) is 2.61. The van der Waals surface area contributed by atoms with Crippen LogP contribution in [0.15, 0.2) is 36.4 Å². The highest BCUT2D eigenvalue weighted by molar-refractivity contribution is 5.72. The summed E-state index contributed by atoms with van der Waals surface area (Å²) in [5, 5.41) is 0. The summed E-state index contributed by atoms with van der Waals surface area (Å²) in [7, 11) is 6.20. The van der Waals surface area contributed by atoms with Crippen LogP contribution in [0.1, 0.15) is 17.0 Å². The van der Waals surface area contributed by atoms with Crippen molar-refractivity contribution in [2.45, 2.75) is 5.92 Å².